The van der Waals surface area contributed by atoms with Crippen LogP contribution in [0.4, 0.5) is 0 Å². The summed E-state index contributed by atoms with van der Waals surface area (Å²) >= 11 is 3.95. The van der Waals surface area contributed by atoms with E-state index in [2.05, 4.69) is 23.3 Å². The lowest BCUT2D eigenvalue weighted by Crippen LogP contribution is -2.57. The third-order valence-electron chi connectivity index (χ3n) is 3.56. The monoisotopic (exact) mass is 333 g/mol. The standard InChI is InChI=1S/C14H27N3O4S/c1-5-8(4)11(17-12(18)9(15)6-22)13(19)16-10(7(2)3)14(20)21/h7-11,22H,5-6,15H2,1-4H3,(H,16,19)(H,17,18)(H,20,21)/t8-,9-,10-,11-/m0/s1. The van der Waals surface area contributed by atoms with Crippen molar-refractivity contribution in [1.82, 2.24) is 10.6 Å². The minimum absolute atomic E-state index is 0.155. The van der Waals surface area contributed by atoms with E-state index < -0.39 is 35.9 Å². The van der Waals surface area contributed by atoms with Crippen molar-refractivity contribution in [3.8, 4) is 0 Å². The second-order valence-corrected chi connectivity index (χ2v) is 6.09. The lowest BCUT2D eigenvalue weighted by Gasteiger charge is -2.27. The van der Waals surface area contributed by atoms with Crippen LogP contribution in [0.25, 0.3) is 0 Å². The smallest absolute Gasteiger partial charge is 0.326 e. The second-order valence-electron chi connectivity index (χ2n) is 5.73. The molecule has 0 aromatic carbocycles. The molecule has 0 aliphatic carbocycles. The van der Waals surface area contributed by atoms with Crippen LogP contribution >= 0.6 is 12.6 Å². The van der Waals surface area contributed by atoms with E-state index >= 15 is 0 Å². The highest BCUT2D eigenvalue weighted by Gasteiger charge is 2.31. The van der Waals surface area contributed by atoms with E-state index in [0.717, 1.165) is 0 Å². The number of carboxylic acid groups (broad SMARTS) is 1. The van der Waals surface area contributed by atoms with Crippen molar-refractivity contribution < 1.29 is 19.5 Å². The van der Waals surface area contributed by atoms with Gasteiger partial charge in [-0.25, -0.2) is 4.79 Å². The number of rotatable bonds is 9. The molecule has 128 valence electrons. The number of nitrogens with two attached hydrogens (primary N) is 1. The van der Waals surface area contributed by atoms with Crippen LogP contribution in [0.2, 0.25) is 0 Å². The molecular formula is C14H27N3O4S. The average Bonchev–Trinajstić information content (AvgIpc) is 2.47. The number of thiol groups is 1. The molecule has 0 bridgehead atoms. The molecule has 7 nitrogen and oxygen atoms in total. The SMILES string of the molecule is CC[C@H](C)[C@H](NC(=O)[C@@H](N)CS)C(=O)N[C@H](C(=O)O)C(C)C. The lowest BCUT2D eigenvalue weighted by molar-refractivity contribution is -0.143. The molecule has 8 heteroatoms. The van der Waals surface area contributed by atoms with Crippen LogP contribution in [0.1, 0.15) is 34.1 Å². The number of amides is 2. The van der Waals surface area contributed by atoms with Crippen molar-refractivity contribution in [3.63, 3.8) is 0 Å². The van der Waals surface area contributed by atoms with E-state index in [1.807, 2.05) is 13.8 Å². The predicted octanol–water partition coefficient (Wildman–Crippen LogP) is -0.000200. The molecule has 0 aromatic heterocycles. The van der Waals surface area contributed by atoms with Crippen LogP contribution in [0, 0.1) is 11.8 Å². The maximum Gasteiger partial charge on any atom is 0.326 e. The first-order valence-corrected chi connectivity index (χ1v) is 7.98. The minimum atomic E-state index is -1.11. The normalized spacial score (nSPS) is 16.5. The van der Waals surface area contributed by atoms with Crippen molar-refractivity contribution in [2.45, 2.75) is 52.2 Å². The van der Waals surface area contributed by atoms with E-state index in [9.17, 15) is 14.4 Å². The van der Waals surface area contributed by atoms with Gasteiger partial charge in [-0.3, -0.25) is 9.59 Å². The molecule has 0 heterocycles. The molecule has 0 radical (unpaired) electrons. The van der Waals surface area contributed by atoms with Crippen LogP contribution in [0.15, 0.2) is 0 Å². The van der Waals surface area contributed by atoms with Gasteiger partial charge >= 0.3 is 5.97 Å². The summed E-state index contributed by atoms with van der Waals surface area (Å²) in [5, 5.41) is 14.2. The Bertz CT molecular complexity index is 404. The average molecular weight is 333 g/mol. The van der Waals surface area contributed by atoms with Crippen LogP contribution in [-0.4, -0.2) is 46.8 Å². The highest BCUT2D eigenvalue weighted by Crippen LogP contribution is 2.10. The van der Waals surface area contributed by atoms with Gasteiger partial charge in [0.25, 0.3) is 0 Å². The van der Waals surface area contributed by atoms with Gasteiger partial charge in [-0.2, -0.15) is 12.6 Å². The highest BCUT2D eigenvalue weighted by atomic mass is 32.1. The van der Waals surface area contributed by atoms with Crippen molar-refractivity contribution in [2.24, 2.45) is 17.6 Å². The number of hydrogen-bond acceptors (Lipinski definition) is 5. The molecule has 0 spiro atoms. The summed E-state index contributed by atoms with van der Waals surface area (Å²) in [5.41, 5.74) is 5.59. The van der Waals surface area contributed by atoms with Gasteiger partial charge in [0.1, 0.15) is 12.1 Å². The van der Waals surface area contributed by atoms with Gasteiger partial charge < -0.3 is 21.5 Å². The van der Waals surface area contributed by atoms with Crippen LogP contribution < -0.4 is 16.4 Å². The fourth-order valence-electron chi connectivity index (χ4n) is 1.80. The van der Waals surface area contributed by atoms with Gasteiger partial charge in [-0.1, -0.05) is 34.1 Å². The fourth-order valence-corrected chi connectivity index (χ4v) is 1.97. The third kappa shape index (κ3) is 6.23. The van der Waals surface area contributed by atoms with Crippen LogP contribution in [-0.2, 0) is 14.4 Å². The Hall–Kier alpha value is -1.28. The largest absolute Gasteiger partial charge is 0.480 e. The predicted molar refractivity (Wildman–Crippen MR) is 87.6 cm³/mol. The quantitative estimate of drug-likeness (QED) is 0.380. The maximum atomic E-state index is 12.4. The Labute approximate surface area is 136 Å². The van der Waals surface area contributed by atoms with Gasteiger partial charge in [-0.05, 0) is 11.8 Å². The molecular weight excluding hydrogens is 306 g/mol. The Kier molecular flexibility index (Phi) is 9.12. The molecule has 22 heavy (non-hydrogen) atoms. The number of carbonyl (C=O) groups excluding carboxylic acids is 2. The Balaban J connectivity index is 5.06. The summed E-state index contributed by atoms with van der Waals surface area (Å²) < 4.78 is 0. The van der Waals surface area contributed by atoms with Crippen LogP contribution in [0.3, 0.4) is 0 Å². The zero-order chi connectivity index (χ0) is 17.4. The fraction of sp³-hybridized carbons (Fsp3) is 0.786. The minimum Gasteiger partial charge on any atom is -0.480 e. The summed E-state index contributed by atoms with van der Waals surface area (Å²) in [6.07, 6.45) is 0.647. The summed E-state index contributed by atoms with van der Waals surface area (Å²) in [5.74, 6) is -2.37. The third-order valence-corrected chi connectivity index (χ3v) is 3.95. The van der Waals surface area contributed by atoms with Crippen LogP contribution in [0.5, 0.6) is 0 Å². The molecule has 0 saturated heterocycles. The van der Waals surface area contributed by atoms with E-state index in [1.165, 1.54) is 0 Å². The molecule has 0 fully saturated rings. The van der Waals surface area contributed by atoms with Crippen molar-refractivity contribution in [2.75, 3.05) is 5.75 Å². The number of aliphatic carboxylic acids is 1. The first kappa shape index (κ1) is 20.7. The first-order valence-electron chi connectivity index (χ1n) is 7.35. The Morgan fingerprint density at radius 1 is 1.09 bits per heavy atom. The number of carbonyl (C=O) groups is 3. The zero-order valence-electron chi connectivity index (χ0n) is 13.5. The summed E-state index contributed by atoms with van der Waals surface area (Å²) in [4.78, 5) is 35.4. The maximum absolute atomic E-state index is 12.4. The van der Waals surface area contributed by atoms with Gasteiger partial charge in [0.15, 0.2) is 0 Å². The van der Waals surface area contributed by atoms with Gasteiger partial charge in [0, 0.05) is 5.75 Å². The molecule has 0 saturated carbocycles. The molecule has 0 unspecified atom stereocenters. The Morgan fingerprint density at radius 2 is 1.59 bits per heavy atom. The zero-order valence-corrected chi connectivity index (χ0v) is 14.4. The van der Waals surface area contributed by atoms with Crippen molar-refractivity contribution >= 4 is 30.4 Å². The number of nitrogens with one attached hydrogen (secondary N) is 2. The summed E-state index contributed by atoms with van der Waals surface area (Å²) in [6.45, 7) is 7.09. The number of hydrogen-bond donors (Lipinski definition) is 5. The van der Waals surface area contributed by atoms with E-state index in [0.29, 0.717) is 6.42 Å². The molecule has 4 atom stereocenters. The topological polar surface area (TPSA) is 122 Å². The second kappa shape index (κ2) is 9.68. The van der Waals surface area contributed by atoms with Gasteiger partial charge in [0.2, 0.25) is 11.8 Å². The lowest BCUT2D eigenvalue weighted by atomic mass is 9.96. The van der Waals surface area contributed by atoms with Gasteiger partial charge in [0.05, 0.1) is 6.04 Å². The van der Waals surface area contributed by atoms with E-state index in [-0.39, 0.29) is 17.6 Å². The van der Waals surface area contributed by atoms with E-state index in [4.69, 9.17) is 10.8 Å². The summed E-state index contributed by atoms with van der Waals surface area (Å²) in [7, 11) is 0. The van der Waals surface area contributed by atoms with Crippen molar-refractivity contribution in [1.29, 1.82) is 0 Å². The van der Waals surface area contributed by atoms with Gasteiger partial charge in [-0.15, -0.1) is 0 Å². The molecule has 2 amide bonds. The summed E-state index contributed by atoms with van der Waals surface area (Å²) in [6, 6.07) is -2.65. The van der Waals surface area contributed by atoms with Crippen molar-refractivity contribution in [3.05, 3.63) is 0 Å². The Morgan fingerprint density at radius 3 is 1.95 bits per heavy atom. The molecule has 0 rings (SSSR count). The number of carboxylic acids is 1. The molecule has 0 aromatic rings. The molecule has 0 aliphatic heterocycles. The first-order chi connectivity index (χ1) is 10.1. The molecule has 0 aliphatic rings. The van der Waals surface area contributed by atoms with E-state index in [1.54, 1.807) is 13.8 Å². The molecule has 5 N–H and O–H groups in total. The highest BCUT2D eigenvalue weighted by molar-refractivity contribution is 7.80.